The molecule has 82 valence electrons. The molecule has 0 spiro atoms. The first kappa shape index (κ1) is 17.1. The van der Waals surface area contributed by atoms with E-state index in [1.807, 2.05) is 13.8 Å². The first-order valence-corrected chi connectivity index (χ1v) is 5.18. The Balaban J connectivity index is 0. The van der Waals surface area contributed by atoms with Crippen LogP contribution in [-0.4, -0.2) is 50.3 Å². The quantitative estimate of drug-likeness (QED) is 0.514. The van der Waals surface area contributed by atoms with Crippen molar-refractivity contribution in [3.8, 4) is 0 Å². The van der Waals surface area contributed by atoms with Crippen LogP contribution in [0.1, 0.15) is 47.0 Å². The summed E-state index contributed by atoms with van der Waals surface area (Å²) < 4.78 is 5.05. The molecule has 0 radical (unpaired) electrons. The van der Waals surface area contributed by atoms with Gasteiger partial charge in [-0.2, -0.15) is 0 Å². The second-order valence-electron chi connectivity index (χ2n) is 4.36. The van der Waals surface area contributed by atoms with Crippen LogP contribution in [0.3, 0.4) is 0 Å². The van der Waals surface area contributed by atoms with Gasteiger partial charge in [0.05, 0.1) is 6.61 Å². The van der Waals surface area contributed by atoms with Gasteiger partial charge in [-0.25, -0.2) is 0 Å². The number of carbonyl (C=O) groups is 1. The minimum absolute atomic E-state index is 0. The van der Waals surface area contributed by atoms with Gasteiger partial charge in [0, 0.05) is 6.42 Å². The van der Waals surface area contributed by atoms with E-state index in [0.29, 0.717) is 24.9 Å². The number of hydrogen-bond acceptors (Lipinski definition) is 2. The summed E-state index contributed by atoms with van der Waals surface area (Å²) in [7, 11) is 0. The molecule has 0 fully saturated rings. The Morgan fingerprint density at radius 3 is 2.14 bits per heavy atom. The normalized spacial score (nSPS) is 10.1. The fraction of sp³-hybridized carbons (Fsp3) is 0.909. The molecule has 0 rings (SSSR count). The molecule has 0 amide bonds. The fourth-order valence-corrected chi connectivity index (χ4v) is 0.986. The van der Waals surface area contributed by atoms with E-state index in [2.05, 4.69) is 13.8 Å². The minimum atomic E-state index is -0.0469. The third-order valence-corrected chi connectivity index (χ3v) is 1.74. The maximum atomic E-state index is 11.1. The number of ether oxygens (including phenoxy) is 1. The van der Waals surface area contributed by atoms with E-state index >= 15 is 0 Å². The molecule has 0 N–H and O–H groups in total. The van der Waals surface area contributed by atoms with E-state index in [1.165, 1.54) is 0 Å². The van der Waals surface area contributed by atoms with Gasteiger partial charge in [-0.05, 0) is 18.3 Å². The molecular weight excluding hydrogens is 204 g/mol. The first-order chi connectivity index (χ1) is 6.02. The third-order valence-electron chi connectivity index (χ3n) is 1.74. The number of esters is 1. The summed E-state index contributed by atoms with van der Waals surface area (Å²) in [4.78, 5) is 11.1. The standard InChI is InChI=1S/C11H22O2.Ca.2H/c1-9(2)6-5-7-11(12)13-8-10(3)4;;;/h9-10H,5-8H2,1-4H3;;;. The van der Waals surface area contributed by atoms with Crippen molar-refractivity contribution in [2.75, 3.05) is 6.61 Å². The monoisotopic (exact) mass is 228 g/mol. The van der Waals surface area contributed by atoms with E-state index in [1.54, 1.807) is 0 Å². The Morgan fingerprint density at radius 2 is 1.71 bits per heavy atom. The van der Waals surface area contributed by atoms with Crippen LogP contribution in [0.15, 0.2) is 0 Å². The van der Waals surface area contributed by atoms with Crippen molar-refractivity contribution < 1.29 is 9.53 Å². The first-order valence-electron chi connectivity index (χ1n) is 5.18. The number of rotatable bonds is 6. The molecule has 0 aromatic carbocycles. The molecule has 2 nitrogen and oxygen atoms in total. The number of hydrogen-bond donors (Lipinski definition) is 0. The second-order valence-corrected chi connectivity index (χ2v) is 4.36. The van der Waals surface area contributed by atoms with Gasteiger partial charge in [-0.3, -0.25) is 4.79 Å². The molecule has 0 bridgehead atoms. The molecule has 0 aromatic rings. The zero-order valence-corrected chi connectivity index (χ0v) is 9.30. The Kier molecular flexibility index (Phi) is 12.6. The van der Waals surface area contributed by atoms with Crippen LogP contribution >= 0.6 is 0 Å². The zero-order chi connectivity index (χ0) is 10.3. The summed E-state index contributed by atoms with van der Waals surface area (Å²) in [5.41, 5.74) is 0. The molecule has 0 atom stereocenters. The molecule has 0 aliphatic rings. The van der Waals surface area contributed by atoms with E-state index < -0.39 is 0 Å². The fourth-order valence-electron chi connectivity index (χ4n) is 0.986. The predicted octanol–water partition coefficient (Wildman–Crippen LogP) is 2.10. The van der Waals surface area contributed by atoms with Gasteiger partial charge in [-0.15, -0.1) is 0 Å². The topological polar surface area (TPSA) is 26.3 Å². The molecule has 0 unspecified atom stereocenters. The van der Waals surface area contributed by atoms with Crippen LogP contribution in [0.4, 0.5) is 0 Å². The van der Waals surface area contributed by atoms with E-state index in [9.17, 15) is 4.79 Å². The van der Waals surface area contributed by atoms with Crippen molar-refractivity contribution in [1.29, 1.82) is 0 Å². The van der Waals surface area contributed by atoms with Gasteiger partial charge in [0.25, 0.3) is 0 Å². The molecule has 0 aliphatic heterocycles. The molecular formula is C11H24CaO2. The number of carbonyl (C=O) groups excluding carboxylic acids is 1. The summed E-state index contributed by atoms with van der Waals surface area (Å²) in [5.74, 6) is 1.07. The molecule has 3 heteroatoms. The van der Waals surface area contributed by atoms with Crippen molar-refractivity contribution in [2.24, 2.45) is 11.8 Å². The van der Waals surface area contributed by atoms with Crippen molar-refractivity contribution >= 4 is 43.7 Å². The summed E-state index contributed by atoms with van der Waals surface area (Å²) >= 11 is 0. The van der Waals surface area contributed by atoms with Gasteiger partial charge in [0.1, 0.15) is 0 Å². The Hall–Kier alpha value is 0.730. The van der Waals surface area contributed by atoms with E-state index in [0.717, 1.165) is 12.8 Å². The third kappa shape index (κ3) is 12.7. The van der Waals surface area contributed by atoms with Crippen LogP contribution in [0.2, 0.25) is 0 Å². The van der Waals surface area contributed by atoms with Gasteiger partial charge in [0.15, 0.2) is 0 Å². The Labute approximate surface area is 118 Å². The van der Waals surface area contributed by atoms with Crippen LogP contribution in [0, 0.1) is 11.8 Å². The molecule has 0 heterocycles. The predicted molar refractivity (Wildman–Crippen MR) is 63.0 cm³/mol. The summed E-state index contributed by atoms with van der Waals surface area (Å²) in [6.45, 7) is 8.97. The van der Waals surface area contributed by atoms with Crippen LogP contribution in [-0.2, 0) is 9.53 Å². The van der Waals surface area contributed by atoms with Crippen molar-refractivity contribution in [3.05, 3.63) is 0 Å². The van der Waals surface area contributed by atoms with Crippen LogP contribution in [0.25, 0.3) is 0 Å². The molecule has 0 aliphatic carbocycles. The van der Waals surface area contributed by atoms with Crippen molar-refractivity contribution in [1.82, 2.24) is 0 Å². The summed E-state index contributed by atoms with van der Waals surface area (Å²) in [6, 6.07) is 0. The molecule has 0 aromatic heterocycles. The van der Waals surface area contributed by atoms with Gasteiger partial charge >= 0.3 is 43.7 Å². The summed E-state index contributed by atoms with van der Waals surface area (Å²) in [5, 5.41) is 0. The molecule has 0 saturated carbocycles. The summed E-state index contributed by atoms with van der Waals surface area (Å²) in [6.07, 6.45) is 2.64. The van der Waals surface area contributed by atoms with Crippen LogP contribution in [0.5, 0.6) is 0 Å². The molecule has 0 saturated heterocycles. The van der Waals surface area contributed by atoms with Gasteiger partial charge < -0.3 is 4.74 Å². The average molecular weight is 228 g/mol. The van der Waals surface area contributed by atoms with Crippen molar-refractivity contribution in [3.63, 3.8) is 0 Å². The Morgan fingerprint density at radius 1 is 1.14 bits per heavy atom. The molecule has 14 heavy (non-hydrogen) atoms. The Bertz CT molecular complexity index is 144. The average Bonchev–Trinajstić information content (AvgIpc) is 2.00. The zero-order valence-electron chi connectivity index (χ0n) is 9.30. The second kappa shape index (κ2) is 10.3. The van der Waals surface area contributed by atoms with E-state index in [4.69, 9.17) is 4.74 Å². The van der Waals surface area contributed by atoms with Gasteiger partial charge in [-0.1, -0.05) is 34.1 Å². The van der Waals surface area contributed by atoms with Gasteiger partial charge in [0.2, 0.25) is 0 Å². The van der Waals surface area contributed by atoms with E-state index in [-0.39, 0.29) is 43.7 Å². The van der Waals surface area contributed by atoms with Crippen LogP contribution < -0.4 is 0 Å². The maximum absolute atomic E-state index is 11.1. The SMILES string of the molecule is CC(C)CCCC(=O)OCC(C)C.[CaH2]. The van der Waals surface area contributed by atoms with Crippen molar-refractivity contribution in [2.45, 2.75) is 47.0 Å².